The van der Waals surface area contributed by atoms with Gasteiger partial charge in [-0.3, -0.25) is 9.69 Å². The molecule has 0 aromatic carbocycles. The number of aliphatic hydroxyl groups excluding tert-OH is 1. The van der Waals surface area contributed by atoms with Crippen molar-refractivity contribution in [1.29, 1.82) is 0 Å². The molecule has 76 valence electrons. The predicted molar refractivity (Wildman–Crippen MR) is 50.3 cm³/mol. The van der Waals surface area contributed by atoms with E-state index in [9.17, 15) is 4.79 Å². The highest BCUT2D eigenvalue weighted by Gasteiger charge is 2.35. The molecule has 0 radical (unpaired) electrons. The van der Waals surface area contributed by atoms with E-state index in [4.69, 9.17) is 5.11 Å². The molecule has 1 unspecified atom stereocenters. The number of nitrogens with zero attached hydrogens (tertiary/aromatic N) is 1. The smallest absolute Gasteiger partial charge is 0.237 e. The molecule has 0 saturated carbocycles. The summed E-state index contributed by atoms with van der Waals surface area (Å²) in [7, 11) is 0. The number of amides is 1. The molecule has 1 rings (SSSR count). The monoisotopic (exact) mass is 186 g/mol. The van der Waals surface area contributed by atoms with Gasteiger partial charge in [0, 0.05) is 19.1 Å². The lowest BCUT2D eigenvalue weighted by molar-refractivity contribution is -0.132. The second-order valence-corrected chi connectivity index (χ2v) is 3.65. The molecule has 4 heteroatoms. The summed E-state index contributed by atoms with van der Waals surface area (Å²) in [5.74, 6) is 0.0500. The zero-order chi connectivity index (χ0) is 9.84. The van der Waals surface area contributed by atoms with Crippen LogP contribution in [0.3, 0.4) is 0 Å². The van der Waals surface area contributed by atoms with Crippen LogP contribution in [0, 0.1) is 0 Å². The Hall–Kier alpha value is -0.610. The average molecular weight is 186 g/mol. The molecule has 1 heterocycles. The van der Waals surface area contributed by atoms with Gasteiger partial charge in [-0.05, 0) is 20.3 Å². The standard InChI is InChI=1S/C9H18N2O2/c1-7(2)11-5-3-8(11)9(13)10-4-6-12/h7-8,12H,3-6H2,1-2H3,(H,10,13). The van der Waals surface area contributed by atoms with Crippen molar-refractivity contribution in [2.45, 2.75) is 32.4 Å². The van der Waals surface area contributed by atoms with Gasteiger partial charge in [-0.25, -0.2) is 0 Å². The first-order chi connectivity index (χ1) is 6.16. The highest BCUT2D eigenvalue weighted by atomic mass is 16.3. The molecule has 0 aromatic heterocycles. The molecule has 0 spiro atoms. The maximum Gasteiger partial charge on any atom is 0.237 e. The molecule has 1 amide bonds. The normalized spacial score (nSPS) is 22.9. The van der Waals surface area contributed by atoms with E-state index < -0.39 is 0 Å². The number of carbonyl (C=O) groups is 1. The number of aliphatic hydroxyl groups is 1. The zero-order valence-electron chi connectivity index (χ0n) is 8.29. The SMILES string of the molecule is CC(C)N1CCC1C(=O)NCCO. The molecular weight excluding hydrogens is 168 g/mol. The van der Waals surface area contributed by atoms with Crippen molar-refractivity contribution in [3.63, 3.8) is 0 Å². The second kappa shape index (κ2) is 4.58. The van der Waals surface area contributed by atoms with E-state index in [1.54, 1.807) is 0 Å². The van der Waals surface area contributed by atoms with Gasteiger partial charge in [-0.15, -0.1) is 0 Å². The highest BCUT2D eigenvalue weighted by Crippen LogP contribution is 2.20. The number of carbonyl (C=O) groups excluding carboxylic acids is 1. The van der Waals surface area contributed by atoms with Crippen LogP contribution in [0.4, 0.5) is 0 Å². The third kappa shape index (κ3) is 2.42. The summed E-state index contributed by atoms with van der Waals surface area (Å²) in [5.41, 5.74) is 0. The number of likely N-dealkylation sites (tertiary alicyclic amines) is 1. The molecular formula is C9H18N2O2. The summed E-state index contributed by atoms with van der Waals surface area (Å²) in [6.45, 7) is 5.56. The lowest BCUT2D eigenvalue weighted by Gasteiger charge is -2.42. The summed E-state index contributed by atoms with van der Waals surface area (Å²) >= 11 is 0. The summed E-state index contributed by atoms with van der Waals surface area (Å²) in [6, 6.07) is 0.463. The topological polar surface area (TPSA) is 52.6 Å². The van der Waals surface area contributed by atoms with Gasteiger partial charge in [0.1, 0.15) is 0 Å². The molecule has 1 fully saturated rings. The van der Waals surface area contributed by atoms with Gasteiger partial charge in [-0.2, -0.15) is 0 Å². The van der Waals surface area contributed by atoms with Gasteiger partial charge < -0.3 is 10.4 Å². The van der Waals surface area contributed by atoms with Crippen LogP contribution in [0.25, 0.3) is 0 Å². The molecule has 0 bridgehead atoms. The Kier molecular flexibility index (Phi) is 3.69. The lowest BCUT2D eigenvalue weighted by atomic mass is 10.00. The van der Waals surface area contributed by atoms with E-state index >= 15 is 0 Å². The maximum absolute atomic E-state index is 11.4. The van der Waals surface area contributed by atoms with Crippen LogP contribution in [-0.2, 0) is 4.79 Å². The van der Waals surface area contributed by atoms with E-state index in [0.717, 1.165) is 13.0 Å². The fraction of sp³-hybridized carbons (Fsp3) is 0.889. The molecule has 0 aliphatic carbocycles. The Labute approximate surface area is 78.9 Å². The van der Waals surface area contributed by atoms with Crippen LogP contribution >= 0.6 is 0 Å². The summed E-state index contributed by atoms with van der Waals surface area (Å²) < 4.78 is 0. The Morgan fingerprint density at radius 1 is 1.69 bits per heavy atom. The van der Waals surface area contributed by atoms with Crippen molar-refractivity contribution in [2.75, 3.05) is 19.7 Å². The minimum Gasteiger partial charge on any atom is -0.395 e. The number of hydrogen-bond acceptors (Lipinski definition) is 3. The van der Waals surface area contributed by atoms with Crippen molar-refractivity contribution >= 4 is 5.91 Å². The molecule has 1 saturated heterocycles. The van der Waals surface area contributed by atoms with Crippen molar-refractivity contribution in [3.8, 4) is 0 Å². The van der Waals surface area contributed by atoms with Crippen LogP contribution in [0.2, 0.25) is 0 Å². The summed E-state index contributed by atoms with van der Waals surface area (Å²) in [5, 5.41) is 11.2. The van der Waals surface area contributed by atoms with Crippen LogP contribution < -0.4 is 5.32 Å². The third-order valence-electron chi connectivity index (χ3n) is 2.44. The minimum absolute atomic E-state index is 0.0140. The van der Waals surface area contributed by atoms with Crippen LogP contribution in [0.15, 0.2) is 0 Å². The molecule has 1 atom stereocenters. The molecule has 2 N–H and O–H groups in total. The molecule has 1 aliphatic rings. The first-order valence-corrected chi connectivity index (χ1v) is 4.81. The fourth-order valence-electron chi connectivity index (χ4n) is 1.60. The van der Waals surface area contributed by atoms with Crippen LogP contribution in [0.1, 0.15) is 20.3 Å². The van der Waals surface area contributed by atoms with E-state index in [1.807, 2.05) is 0 Å². The van der Waals surface area contributed by atoms with Gasteiger partial charge in [0.05, 0.1) is 12.6 Å². The Morgan fingerprint density at radius 3 is 2.77 bits per heavy atom. The number of hydrogen-bond donors (Lipinski definition) is 2. The summed E-state index contributed by atoms with van der Waals surface area (Å²) in [4.78, 5) is 13.6. The highest BCUT2D eigenvalue weighted by molar-refractivity contribution is 5.82. The quantitative estimate of drug-likeness (QED) is 0.627. The molecule has 4 nitrogen and oxygen atoms in total. The van der Waals surface area contributed by atoms with E-state index in [-0.39, 0.29) is 18.6 Å². The van der Waals surface area contributed by atoms with Crippen molar-refractivity contribution < 1.29 is 9.90 Å². The fourth-order valence-corrected chi connectivity index (χ4v) is 1.60. The van der Waals surface area contributed by atoms with Gasteiger partial charge in [0.15, 0.2) is 0 Å². The van der Waals surface area contributed by atoms with Crippen molar-refractivity contribution in [1.82, 2.24) is 10.2 Å². The van der Waals surface area contributed by atoms with Crippen LogP contribution in [-0.4, -0.2) is 47.7 Å². The lowest BCUT2D eigenvalue weighted by Crippen LogP contribution is -2.58. The van der Waals surface area contributed by atoms with Gasteiger partial charge in [-0.1, -0.05) is 0 Å². The maximum atomic E-state index is 11.4. The third-order valence-corrected chi connectivity index (χ3v) is 2.44. The average Bonchev–Trinajstić information content (AvgIpc) is 1.97. The first-order valence-electron chi connectivity index (χ1n) is 4.81. The first kappa shape index (κ1) is 10.5. The van der Waals surface area contributed by atoms with Gasteiger partial charge in [0.25, 0.3) is 0 Å². The molecule has 0 aromatic rings. The molecule has 1 aliphatic heterocycles. The van der Waals surface area contributed by atoms with Gasteiger partial charge in [0.2, 0.25) is 5.91 Å². The number of nitrogens with one attached hydrogen (secondary N) is 1. The zero-order valence-corrected chi connectivity index (χ0v) is 8.29. The Morgan fingerprint density at radius 2 is 2.38 bits per heavy atom. The van der Waals surface area contributed by atoms with E-state index in [1.165, 1.54) is 0 Å². The van der Waals surface area contributed by atoms with E-state index in [2.05, 4.69) is 24.1 Å². The predicted octanol–water partition coefficient (Wildman–Crippen LogP) is -0.422. The Balaban J connectivity index is 2.31. The summed E-state index contributed by atoms with van der Waals surface area (Å²) in [6.07, 6.45) is 0.940. The van der Waals surface area contributed by atoms with E-state index in [0.29, 0.717) is 12.6 Å². The van der Waals surface area contributed by atoms with Gasteiger partial charge >= 0.3 is 0 Å². The minimum atomic E-state index is 0.0140. The van der Waals surface area contributed by atoms with Crippen LogP contribution in [0.5, 0.6) is 0 Å². The number of rotatable bonds is 4. The largest absolute Gasteiger partial charge is 0.395 e. The second-order valence-electron chi connectivity index (χ2n) is 3.65. The molecule has 13 heavy (non-hydrogen) atoms. The van der Waals surface area contributed by atoms with Crippen molar-refractivity contribution in [2.24, 2.45) is 0 Å². The Bertz CT molecular complexity index is 182. The van der Waals surface area contributed by atoms with Crippen molar-refractivity contribution in [3.05, 3.63) is 0 Å².